The molecule has 2 aromatic carbocycles. The van der Waals surface area contributed by atoms with Crippen molar-refractivity contribution in [3.63, 3.8) is 0 Å². The molecule has 9 heteroatoms. The van der Waals surface area contributed by atoms with E-state index in [2.05, 4.69) is 5.32 Å². The van der Waals surface area contributed by atoms with Crippen LogP contribution in [0.1, 0.15) is 18.5 Å². The Morgan fingerprint density at radius 1 is 1.19 bits per heavy atom. The predicted octanol–water partition coefficient (Wildman–Crippen LogP) is 3.26. The van der Waals surface area contributed by atoms with Crippen LogP contribution in [0.2, 0.25) is 5.02 Å². The average molecular weight is 403 g/mol. The zero-order chi connectivity index (χ0) is 19.5. The smallest absolute Gasteiger partial charge is 0.241 e. The van der Waals surface area contributed by atoms with E-state index >= 15 is 0 Å². The maximum absolute atomic E-state index is 13.3. The number of rotatable bonds is 6. The first-order valence-electron chi connectivity index (χ1n) is 7.55. The van der Waals surface area contributed by atoms with Crippen molar-refractivity contribution in [3.8, 4) is 0 Å². The van der Waals surface area contributed by atoms with Crippen LogP contribution >= 0.6 is 11.6 Å². The Bertz CT molecular complexity index is 905. The number of amides is 1. The van der Waals surface area contributed by atoms with Gasteiger partial charge in [-0.15, -0.1) is 0 Å². The first-order chi connectivity index (χ1) is 12.1. The summed E-state index contributed by atoms with van der Waals surface area (Å²) in [6.45, 7) is 1.18. The topological polar surface area (TPSA) is 66.5 Å². The lowest BCUT2D eigenvalue weighted by Gasteiger charge is -2.23. The quantitative estimate of drug-likeness (QED) is 0.806. The summed E-state index contributed by atoms with van der Waals surface area (Å²) in [7, 11) is -3.81. The van der Waals surface area contributed by atoms with Crippen molar-refractivity contribution in [2.24, 2.45) is 0 Å². The van der Waals surface area contributed by atoms with E-state index in [9.17, 15) is 22.0 Å². The molecule has 2 rings (SSSR count). The summed E-state index contributed by atoms with van der Waals surface area (Å²) in [6.07, 6.45) is 0.931. The van der Waals surface area contributed by atoms with Gasteiger partial charge in [0.15, 0.2) is 0 Å². The summed E-state index contributed by atoms with van der Waals surface area (Å²) >= 11 is 5.69. The molecule has 5 nitrogen and oxygen atoms in total. The molecule has 0 aromatic heterocycles. The van der Waals surface area contributed by atoms with E-state index < -0.39 is 40.2 Å². The lowest BCUT2D eigenvalue weighted by atomic mass is 10.1. The summed E-state index contributed by atoms with van der Waals surface area (Å²) in [5.74, 6) is -1.67. The van der Waals surface area contributed by atoms with Gasteiger partial charge < -0.3 is 5.32 Å². The summed E-state index contributed by atoms with van der Waals surface area (Å²) in [5.41, 5.74) is 0.735. The molecule has 0 heterocycles. The van der Waals surface area contributed by atoms with Crippen molar-refractivity contribution in [1.29, 1.82) is 0 Å². The first kappa shape index (κ1) is 20.1. The number of anilines is 1. The van der Waals surface area contributed by atoms with E-state index in [0.717, 1.165) is 22.7 Å². The van der Waals surface area contributed by atoms with E-state index in [1.807, 2.05) is 0 Å². The Labute approximate surface area is 155 Å². The molecule has 0 radical (unpaired) electrons. The molecular weight excluding hydrogens is 386 g/mol. The van der Waals surface area contributed by atoms with Gasteiger partial charge in [-0.1, -0.05) is 23.7 Å². The number of nitrogens with zero attached hydrogens (tertiary/aromatic N) is 1. The van der Waals surface area contributed by atoms with Gasteiger partial charge in [0.05, 0.1) is 23.0 Å². The highest BCUT2D eigenvalue weighted by atomic mass is 35.5. The molecular formula is C17H17ClF2N2O3S. The molecule has 0 aliphatic rings. The first-order valence-corrected chi connectivity index (χ1v) is 9.78. The molecule has 0 aliphatic heterocycles. The third kappa shape index (κ3) is 5.15. The van der Waals surface area contributed by atoms with Gasteiger partial charge in [0.25, 0.3) is 0 Å². The molecule has 1 N–H and O–H groups in total. The van der Waals surface area contributed by atoms with E-state index in [-0.39, 0.29) is 10.7 Å². The summed E-state index contributed by atoms with van der Waals surface area (Å²) < 4.78 is 51.1. The summed E-state index contributed by atoms with van der Waals surface area (Å²) in [6, 6.07) is 8.50. The van der Waals surface area contributed by atoms with Crippen molar-refractivity contribution in [3.05, 3.63) is 64.7 Å². The van der Waals surface area contributed by atoms with Crippen LogP contribution in [0.25, 0.3) is 0 Å². The van der Waals surface area contributed by atoms with Crippen LogP contribution in [0.15, 0.2) is 42.5 Å². The van der Waals surface area contributed by atoms with Crippen molar-refractivity contribution < 1.29 is 22.0 Å². The molecule has 0 saturated carbocycles. The van der Waals surface area contributed by atoms with Gasteiger partial charge in [-0.2, -0.15) is 0 Å². The Morgan fingerprint density at radius 2 is 1.81 bits per heavy atom. The van der Waals surface area contributed by atoms with Gasteiger partial charge >= 0.3 is 0 Å². The fourth-order valence-corrected chi connectivity index (χ4v) is 3.32. The van der Waals surface area contributed by atoms with Gasteiger partial charge in [0.2, 0.25) is 15.9 Å². The van der Waals surface area contributed by atoms with Crippen LogP contribution in [-0.2, 0) is 14.8 Å². The van der Waals surface area contributed by atoms with Gasteiger partial charge in [-0.05, 0) is 42.8 Å². The average Bonchev–Trinajstić information content (AvgIpc) is 2.55. The Hall–Kier alpha value is -2.19. The molecule has 26 heavy (non-hydrogen) atoms. The molecule has 1 atom stereocenters. The molecule has 0 aliphatic carbocycles. The van der Waals surface area contributed by atoms with E-state index in [1.54, 1.807) is 6.92 Å². The zero-order valence-electron chi connectivity index (χ0n) is 14.0. The van der Waals surface area contributed by atoms with Crippen LogP contribution in [0.5, 0.6) is 0 Å². The Morgan fingerprint density at radius 3 is 2.35 bits per heavy atom. The molecule has 2 aromatic rings. The number of hydrogen-bond acceptors (Lipinski definition) is 3. The molecule has 0 bridgehead atoms. The predicted molar refractivity (Wildman–Crippen MR) is 96.6 cm³/mol. The third-order valence-electron chi connectivity index (χ3n) is 3.63. The normalized spacial score (nSPS) is 12.5. The maximum Gasteiger partial charge on any atom is 0.241 e. The van der Waals surface area contributed by atoms with Gasteiger partial charge in [-0.25, -0.2) is 17.2 Å². The minimum absolute atomic E-state index is 0.0727. The van der Waals surface area contributed by atoms with Gasteiger partial charge in [-0.3, -0.25) is 9.10 Å². The second-order valence-electron chi connectivity index (χ2n) is 5.71. The van der Waals surface area contributed by atoms with E-state index in [4.69, 9.17) is 11.6 Å². The molecule has 0 spiro atoms. The number of carbonyl (C=O) groups is 1. The maximum atomic E-state index is 13.3. The fourth-order valence-electron chi connectivity index (χ4n) is 2.29. The number of nitrogens with one attached hydrogen (secondary N) is 1. The molecule has 0 fully saturated rings. The number of sulfonamides is 1. The monoisotopic (exact) mass is 402 g/mol. The Kier molecular flexibility index (Phi) is 6.20. The van der Waals surface area contributed by atoms with Crippen molar-refractivity contribution >= 4 is 33.2 Å². The molecule has 0 saturated heterocycles. The third-order valence-corrected chi connectivity index (χ3v) is 5.06. The summed E-state index contributed by atoms with van der Waals surface area (Å²) in [5, 5.41) is 2.39. The molecule has 140 valence electrons. The number of benzene rings is 2. The van der Waals surface area contributed by atoms with Crippen LogP contribution < -0.4 is 9.62 Å². The largest absolute Gasteiger partial charge is 0.348 e. The highest BCUT2D eigenvalue weighted by Gasteiger charge is 2.22. The summed E-state index contributed by atoms with van der Waals surface area (Å²) in [4.78, 5) is 12.3. The van der Waals surface area contributed by atoms with Gasteiger partial charge in [0.1, 0.15) is 18.2 Å². The highest BCUT2D eigenvalue weighted by Crippen LogP contribution is 2.24. The molecule has 1 amide bonds. The SMILES string of the molecule is CC(NC(=O)CN(c1ccc(F)c(Cl)c1)S(C)(=O)=O)c1ccc(F)cc1. The van der Waals surface area contributed by atoms with Crippen LogP contribution in [0, 0.1) is 11.6 Å². The van der Waals surface area contributed by atoms with Crippen molar-refractivity contribution in [1.82, 2.24) is 5.32 Å². The lowest BCUT2D eigenvalue weighted by Crippen LogP contribution is -2.41. The second-order valence-corrected chi connectivity index (χ2v) is 8.02. The standard InChI is InChI=1S/C17H17ClF2N2O3S/c1-11(12-3-5-13(19)6-4-12)21-17(23)10-22(26(2,24)25)14-7-8-16(20)15(18)9-14/h3-9,11H,10H2,1-2H3,(H,21,23). The minimum atomic E-state index is -3.81. The second kappa shape index (κ2) is 8.01. The highest BCUT2D eigenvalue weighted by molar-refractivity contribution is 7.92. The van der Waals surface area contributed by atoms with E-state index in [0.29, 0.717) is 5.56 Å². The lowest BCUT2D eigenvalue weighted by molar-refractivity contribution is -0.120. The van der Waals surface area contributed by atoms with Crippen molar-refractivity contribution in [2.45, 2.75) is 13.0 Å². The molecule has 1 unspecified atom stereocenters. The number of hydrogen-bond donors (Lipinski definition) is 1. The van der Waals surface area contributed by atoms with Crippen LogP contribution in [0.3, 0.4) is 0 Å². The number of halogens is 3. The fraction of sp³-hybridized carbons (Fsp3) is 0.235. The Balaban J connectivity index is 2.16. The zero-order valence-corrected chi connectivity index (χ0v) is 15.6. The van der Waals surface area contributed by atoms with Gasteiger partial charge in [0, 0.05) is 0 Å². The van der Waals surface area contributed by atoms with Crippen LogP contribution in [-0.4, -0.2) is 27.1 Å². The minimum Gasteiger partial charge on any atom is -0.348 e. The number of carbonyl (C=O) groups excluding carboxylic acids is 1. The van der Waals surface area contributed by atoms with E-state index in [1.165, 1.54) is 30.3 Å². The van der Waals surface area contributed by atoms with Crippen molar-refractivity contribution in [2.75, 3.05) is 17.1 Å². The van der Waals surface area contributed by atoms with Crippen LogP contribution in [0.4, 0.5) is 14.5 Å².